The molecule has 0 aliphatic heterocycles. The van der Waals surface area contributed by atoms with E-state index in [0.29, 0.717) is 5.76 Å². The number of anilines is 1. The minimum absolute atomic E-state index is 0.0103. The van der Waals surface area contributed by atoms with E-state index in [2.05, 4.69) is 15.5 Å². The van der Waals surface area contributed by atoms with Crippen molar-refractivity contribution in [3.63, 3.8) is 0 Å². The Hall–Kier alpha value is -2.52. The number of amides is 1. The molecule has 2 aromatic heterocycles. The second-order valence-corrected chi connectivity index (χ2v) is 4.21. The Bertz CT molecular complexity index is 687. The van der Waals surface area contributed by atoms with Gasteiger partial charge in [0.2, 0.25) is 5.82 Å². The number of halogens is 1. The molecule has 110 valence electrons. The van der Waals surface area contributed by atoms with Crippen LogP contribution in [0.1, 0.15) is 16.2 Å². The monoisotopic (exact) mass is 312 g/mol. The Morgan fingerprint density at radius 1 is 1.57 bits per heavy atom. The molecule has 0 aromatic carbocycles. The molecule has 9 nitrogen and oxygen atoms in total. The lowest BCUT2D eigenvalue weighted by Gasteiger charge is -2.03. The lowest BCUT2D eigenvalue weighted by Crippen LogP contribution is -2.14. The third kappa shape index (κ3) is 3.52. The number of nitrogens with one attached hydrogen (secondary N) is 1. The number of ether oxygens (including phenoxy) is 1. The first-order valence-electron chi connectivity index (χ1n) is 5.58. The van der Waals surface area contributed by atoms with Crippen molar-refractivity contribution < 1.29 is 19.0 Å². The SMILES string of the molecule is COCc1cc(C(=O)Nc2nc(Cl)ccc2[N+](=O)[O-])no1. The Morgan fingerprint density at radius 2 is 2.33 bits per heavy atom. The average Bonchev–Trinajstić information content (AvgIpc) is 2.87. The second-order valence-electron chi connectivity index (χ2n) is 3.82. The molecule has 0 saturated carbocycles. The van der Waals surface area contributed by atoms with Crippen LogP contribution in [0.2, 0.25) is 5.15 Å². The van der Waals surface area contributed by atoms with Crippen molar-refractivity contribution in [3.8, 4) is 0 Å². The van der Waals surface area contributed by atoms with E-state index in [1.165, 1.54) is 19.2 Å². The largest absolute Gasteiger partial charge is 0.377 e. The fourth-order valence-corrected chi connectivity index (χ4v) is 1.62. The molecule has 2 rings (SSSR count). The minimum atomic E-state index is -0.709. The molecule has 1 amide bonds. The van der Waals surface area contributed by atoms with Crippen LogP contribution in [0.15, 0.2) is 22.7 Å². The van der Waals surface area contributed by atoms with Gasteiger partial charge in [0.15, 0.2) is 11.5 Å². The molecule has 0 aliphatic carbocycles. The number of hydrogen-bond acceptors (Lipinski definition) is 7. The van der Waals surface area contributed by atoms with Crippen LogP contribution >= 0.6 is 11.6 Å². The maximum atomic E-state index is 11.9. The highest BCUT2D eigenvalue weighted by Gasteiger charge is 2.20. The van der Waals surface area contributed by atoms with Gasteiger partial charge in [-0.2, -0.15) is 0 Å². The number of nitrogens with zero attached hydrogens (tertiary/aromatic N) is 3. The molecular formula is C11H9ClN4O5. The van der Waals surface area contributed by atoms with E-state index < -0.39 is 10.8 Å². The molecule has 0 radical (unpaired) electrons. The molecule has 0 saturated heterocycles. The third-order valence-electron chi connectivity index (χ3n) is 2.35. The summed E-state index contributed by atoms with van der Waals surface area (Å²) in [5, 5.41) is 16.7. The lowest BCUT2D eigenvalue weighted by molar-refractivity contribution is -0.384. The second kappa shape index (κ2) is 6.29. The summed E-state index contributed by atoms with van der Waals surface area (Å²) in [6, 6.07) is 3.75. The number of hydrogen-bond donors (Lipinski definition) is 1. The first-order chi connectivity index (χ1) is 10.0. The van der Waals surface area contributed by atoms with Gasteiger partial charge in [-0.3, -0.25) is 20.2 Å². The average molecular weight is 313 g/mol. The van der Waals surface area contributed by atoms with Gasteiger partial charge in [0.25, 0.3) is 5.91 Å². The highest BCUT2D eigenvalue weighted by atomic mass is 35.5. The van der Waals surface area contributed by atoms with Crippen LogP contribution in [0.3, 0.4) is 0 Å². The summed E-state index contributed by atoms with van der Waals surface area (Å²) in [7, 11) is 1.46. The molecule has 1 N–H and O–H groups in total. The molecule has 0 spiro atoms. The van der Waals surface area contributed by atoms with E-state index in [4.69, 9.17) is 20.9 Å². The highest BCUT2D eigenvalue weighted by Crippen LogP contribution is 2.24. The van der Waals surface area contributed by atoms with E-state index in [-0.39, 0.29) is 29.0 Å². The van der Waals surface area contributed by atoms with Gasteiger partial charge in [-0.05, 0) is 6.07 Å². The molecule has 0 fully saturated rings. The number of aromatic nitrogens is 2. The number of methoxy groups -OCH3 is 1. The van der Waals surface area contributed by atoms with E-state index in [1.54, 1.807) is 0 Å². The normalized spacial score (nSPS) is 10.4. The number of rotatable bonds is 5. The standard InChI is InChI=1S/C11H9ClN4O5/c1-20-5-6-4-7(15-21-6)11(17)14-10-8(16(18)19)2-3-9(12)13-10/h2-4H,5H2,1H3,(H,13,14,17). The number of pyridine rings is 1. The number of nitro groups is 1. The van der Waals surface area contributed by atoms with Crippen molar-refractivity contribution in [1.29, 1.82) is 0 Å². The smallest absolute Gasteiger partial charge is 0.311 e. The van der Waals surface area contributed by atoms with Crippen molar-refractivity contribution in [3.05, 3.63) is 44.9 Å². The molecule has 0 bridgehead atoms. The number of carbonyl (C=O) groups excluding carboxylic acids is 1. The summed E-state index contributed by atoms with van der Waals surface area (Å²) in [6.07, 6.45) is 0. The first kappa shape index (κ1) is 14.9. The Labute approximate surface area is 123 Å². The molecule has 21 heavy (non-hydrogen) atoms. The minimum Gasteiger partial charge on any atom is -0.377 e. The zero-order valence-corrected chi connectivity index (χ0v) is 11.5. The quantitative estimate of drug-likeness (QED) is 0.509. The van der Waals surface area contributed by atoms with Gasteiger partial charge >= 0.3 is 5.69 Å². The van der Waals surface area contributed by atoms with E-state index >= 15 is 0 Å². The van der Waals surface area contributed by atoms with Crippen molar-refractivity contribution >= 4 is 29.0 Å². The van der Waals surface area contributed by atoms with Crippen LogP contribution < -0.4 is 5.32 Å². The van der Waals surface area contributed by atoms with Crippen LogP contribution in [-0.2, 0) is 11.3 Å². The molecule has 10 heteroatoms. The zero-order chi connectivity index (χ0) is 15.4. The summed E-state index contributed by atoms with van der Waals surface area (Å²) in [5.74, 6) is -0.635. The van der Waals surface area contributed by atoms with Crippen LogP contribution in [0.25, 0.3) is 0 Å². The summed E-state index contributed by atoms with van der Waals surface area (Å²) in [4.78, 5) is 25.8. The summed E-state index contributed by atoms with van der Waals surface area (Å²) >= 11 is 5.66. The van der Waals surface area contributed by atoms with E-state index in [9.17, 15) is 14.9 Å². The summed E-state index contributed by atoms with van der Waals surface area (Å²) in [5.41, 5.74) is -0.438. The molecule has 0 atom stereocenters. The third-order valence-corrected chi connectivity index (χ3v) is 2.56. The van der Waals surface area contributed by atoms with Crippen LogP contribution in [0, 0.1) is 10.1 Å². The fourth-order valence-electron chi connectivity index (χ4n) is 1.47. The fraction of sp³-hybridized carbons (Fsp3) is 0.182. The van der Waals surface area contributed by atoms with Gasteiger partial charge in [0.05, 0.1) is 4.92 Å². The van der Waals surface area contributed by atoms with Gasteiger partial charge in [0.1, 0.15) is 11.8 Å². The molecule has 0 aliphatic rings. The van der Waals surface area contributed by atoms with Crippen molar-refractivity contribution in [2.45, 2.75) is 6.61 Å². The molecule has 0 unspecified atom stereocenters. The summed E-state index contributed by atoms with van der Waals surface area (Å²) < 4.78 is 9.67. The van der Waals surface area contributed by atoms with Gasteiger partial charge in [0, 0.05) is 19.2 Å². The van der Waals surface area contributed by atoms with Gasteiger partial charge < -0.3 is 9.26 Å². The molecular weight excluding hydrogens is 304 g/mol. The van der Waals surface area contributed by atoms with E-state index in [1.807, 2.05) is 0 Å². The van der Waals surface area contributed by atoms with Crippen molar-refractivity contribution in [1.82, 2.24) is 10.1 Å². The van der Waals surface area contributed by atoms with Crippen LogP contribution in [0.4, 0.5) is 11.5 Å². The Balaban J connectivity index is 2.22. The number of carbonyl (C=O) groups is 1. The Morgan fingerprint density at radius 3 is 3.00 bits per heavy atom. The van der Waals surface area contributed by atoms with Crippen LogP contribution in [0.5, 0.6) is 0 Å². The lowest BCUT2D eigenvalue weighted by atomic mass is 10.3. The van der Waals surface area contributed by atoms with Gasteiger partial charge in [-0.15, -0.1) is 0 Å². The summed E-state index contributed by atoms with van der Waals surface area (Å²) in [6.45, 7) is 0.149. The van der Waals surface area contributed by atoms with Crippen LogP contribution in [-0.4, -0.2) is 28.1 Å². The molecule has 2 heterocycles. The van der Waals surface area contributed by atoms with E-state index in [0.717, 1.165) is 6.07 Å². The first-order valence-corrected chi connectivity index (χ1v) is 5.96. The Kier molecular flexibility index (Phi) is 4.45. The maximum absolute atomic E-state index is 11.9. The highest BCUT2D eigenvalue weighted by molar-refractivity contribution is 6.29. The topological polar surface area (TPSA) is 120 Å². The maximum Gasteiger partial charge on any atom is 0.311 e. The van der Waals surface area contributed by atoms with Gasteiger partial charge in [-0.1, -0.05) is 16.8 Å². The van der Waals surface area contributed by atoms with Crippen molar-refractivity contribution in [2.75, 3.05) is 12.4 Å². The van der Waals surface area contributed by atoms with Crippen molar-refractivity contribution in [2.24, 2.45) is 0 Å². The predicted molar refractivity (Wildman–Crippen MR) is 71.1 cm³/mol. The zero-order valence-electron chi connectivity index (χ0n) is 10.7. The van der Waals surface area contributed by atoms with Gasteiger partial charge in [-0.25, -0.2) is 4.98 Å². The predicted octanol–water partition coefficient (Wildman–Crippen LogP) is 2.03. The molecule has 2 aromatic rings.